The number of nitrogens with one attached hydrogen (secondary N) is 1. The molecule has 4 aliphatic carbocycles. The molecule has 30 heavy (non-hydrogen) atoms. The van der Waals surface area contributed by atoms with E-state index >= 15 is 0 Å². The van der Waals surface area contributed by atoms with Crippen molar-refractivity contribution in [2.45, 2.75) is 70.9 Å². The number of carbonyl (C=O) groups excluding carboxylic acids is 1. The zero-order valence-corrected chi connectivity index (χ0v) is 19.6. The molecule has 0 atom stereocenters. The first-order chi connectivity index (χ1) is 14.1. The van der Waals surface area contributed by atoms with Gasteiger partial charge in [-0.2, -0.15) is 0 Å². The van der Waals surface area contributed by atoms with Crippen molar-refractivity contribution in [2.24, 2.45) is 23.2 Å². The standard InChI is InChI=1S/C26H35ClN2O/c1-25(2)14-19-9-22(27)20(15-29(3)4)8-21(19)23(28-25)10-24(30)26-11-16-5-17(12-26)7-18(6-16)13-26/h8-10,16-18,28H,5-7,11-15H2,1-4H3/b23-10-. The van der Waals surface area contributed by atoms with Crippen molar-refractivity contribution in [1.82, 2.24) is 10.2 Å². The van der Waals surface area contributed by atoms with Crippen LogP contribution in [0, 0.1) is 23.2 Å². The maximum atomic E-state index is 13.8. The van der Waals surface area contributed by atoms with Gasteiger partial charge in [-0.05, 0) is 114 Å². The molecule has 0 aromatic heterocycles. The van der Waals surface area contributed by atoms with Gasteiger partial charge >= 0.3 is 0 Å². The molecular weight excluding hydrogens is 392 g/mol. The summed E-state index contributed by atoms with van der Waals surface area (Å²) in [6.07, 6.45) is 10.3. The largest absolute Gasteiger partial charge is 0.379 e. The third kappa shape index (κ3) is 3.62. The Hall–Kier alpha value is -1.32. The first kappa shape index (κ1) is 20.6. The van der Waals surface area contributed by atoms with E-state index in [-0.39, 0.29) is 11.0 Å². The van der Waals surface area contributed by atoms with E-state index in [1.807, 2.05) is 6.08 Å². The molecule has 1 aromatic carbocycles. The number of fused-ring (bicyclic) bond motifs is 1. The third-order valence-corrected chi connectivity index (χ3v) is 8.34. The molecule has 1 heterocycles. The van der Waals surface area contributed by atoms with Gasteiger partial charge in [0.25, 0.3) is 0 Å². The van der Waals surface area contributed by atoms with Crippen molar-refractivity contribution in [2.75, 3.05) is 14.1 Å². The third-order valence-electron chi connectivity index (χ3n) is 7.99. The maximum Gasteiger partial charge on any atom is 0.163 e. The van der Waals surface area contributed by atoms with Crippen LogP contribution in [-0.2, 0) is 17.8 Å². The molecule has 6 rings (SSSR count). The number of hydrogen-bond acceptors (Lipinski definition) is 3. The molecule has 1 aliphatic heterocycles. The second kappa shape index (κ2) is 7.10. The van der Waals surface area contributed by atoms with E-state index < -0.39 is 0 Å². The van der Waals surface area contributed by atoms with Crippen molar-refractivity contribution < 1.29 is 4.79 Å². The van der Waals surface area contributed by atoms with Crippen molar-refractivity contribution in [3.63, 3.8) is 0 Å². The minimum atomic E-state index is -0.0932. The highest BCUT2D eigenvalue weighted by Crippen LogP contribution is 2.60. The van der Waals surface area contributed by atoms with Gasteiger partial charge < -0.3 is 10.2 Å². The van der Waals surface area contributed by atoms with E-state index in [9.17, 15) is 4.79 Å². The van der Waals surface area contributed by atoms with Crippen molar-refractivity contribution in [3.8, 4) is 0 Å². The average Bonchev–Trinajstić information content (AvgIpc) is 2.60. The minimum absolute atomic E-state index is 0.0903. The van der Waals surface area contributed by atoms with Gasteiger partial charge in [-0.3, -0.25) is 4.79 Å². The van der Waals surface area contributed by atoms with Gasteiger partial charge in [0, 0.05) is 39.9 Å². The molecule has 0 saturated heterocycles. The summed E-state index contributed by atoms with van der Waals surface area (Å²) in [5.41, 5.74) is 4.34. The summed E-state index contributed by atoms with van der Waals surface area (Å²) in [4.78, 5) is 15.9. The summed E-state index contributed by atoms with van der Waals surface area (Å²) < 4.78 is 0. The van der Waals surface area contributed by atoms with E-state index in [0.29, 0.717) is 5.78 Å². The molecule has 4 saturated carbocycles. The summed E-state index contributed by atoms with van der Waals surface area (Å²) in [7, 11) is 4.12. The molecule has 0 spiro atoms. The van der Waals surface area contributed by atoms with Gasteiger partial charge in [-0.25, -0.2) is 0 Å². The van der Waals surface area contributed by atoms with Crippen molar-refractivity contribution in [3.05, 3.63) is 39.9 Å². The zero-order valence-electron chi connectivity index (χ0n) is 18.9. The Kier molecular flexibility index (Phi) is 4.87. The smallest absolute Gasteiger partial charge is 0.163 e. The van der Waals surface area contributed by atoms with Gasteiger partial charge in [-0.1, -0.05) is 11.6 Å². The first-order valence-corrected chi connectivity index (χ1v) is 12.0. The molecule has 0 radical (unpaired) electrons. The first-order valence-electron chi connectivity index (χ1n) is 11.6. The van der Waals surface area contributed by atoms with Crippen LogP contribution >= 0.6 is 11.6 Å². The molecule has 0 unspecified atom stereocenters. The second-order valence-electron chi connectivity index (χ2n) is 11.6. The Bertz CT molecular complexity index is 879. The predicted molar refractivity (Wildman–Crippen MR) is 123 cm³/mol. The van der Waals surface area contributed by atoms with Crippen LogP contribution in [0.5, 0.6) is 0 Å². The number of rotatable bonds is 4. The van der Waals surface area contributed by atoms with Crippen LogP contribution in [0.3, 0.4) is 0 Å². The molecule has 4 fully saturated rings. The lowest BCUT2D eigenvalue weighted by molar-refractivity contribution is -0.138. The highest BCUT2D eigenvalue weighted by Gasteiger charge is 2.54. The Labute approximate surface area is 186 Å². The second-order valence-corrected chi connectivity index (χ2v) is 12.1. The molecule has 3 nitrogen and oxygen atoms in total. The molecular formula is C26H35ClN2O. The molecule has 4 heteroatoms. The van der Waals surface area contributed by atoms with Gasteiger partial charge in [0.1, 0.15) is 0 Å². The molecule has 4 bridgehead atoms. The van der Waals surface area contributed by atoms with Crippen LogP contribution in [0.1, 0.15) is 69.1 Å². The normalized spacial score (nSPS) is 34.9. The maximum absolute atomic E-state index is 13.8. The van der Waals surface area contributed by atoms with Crippen LogP contribution in [0.15, 0.2) is 18.2 Å². The summed E-state index contributed by atoms with van der Waals surface area (Å²) in [5, 5.41) is 4.52. The highest BCUT2D eigenvalue weighted by atomic mass is 35.5. The van der Waals surface area contributed by atoms with E-state index in [2.05, 4.69) is 50.3 Å². The Balaban J connectivity index is 1.52. The van der Waals surface area contributed by atoms with Gasteiger partial charge in [-0.15, -0.1) is 0 Å². The van der Waals surface area contributed by atoms with Crippen LogP contribution in [0.4, 0.5) is 0 Å². The van der Waals surface area contributed by atoms with E-state index in [1.54, 1.807) is 0 Å². The topological polar surface area (TPSA) is 32.3 Å². The van der Waals surface area contributed by atoms with Crippen LogP contribution in [0.2, 0.25) is 5.02 Å². The van der Waals surface area contributed by atoms with Crippen LogP contribution in [0.25, 0.3) is 5.70 Å². The summed E-state index contributed by atoms with van der Waals surface area (Å²) in [6, 6.07) is 4.33. The van der Waals surface area contributed by atoms with Gasteiger partial charge in [0.15, 0.2) is 5.78 Å². The van der Waals surface area contributed by atoms with E-state index in [4.69, 9.17) is 11.6 Å². The number of ketones is 1. The Morgan fingerprint density at radius 2 is 1.73 bits per heavy atom. The van der Waals surface area contributed by atoms with Crippen molar-refractivity contribution in [1.29, 1.82) is 0 Å². The number of allylic oxidation sites excluding steroid dienone is 1. The predicted octanol–water partition coefficient (Wildman–Crippen LogP) is 5.45. The SMILES string of the molecule is CN(C)Cc1cc2c(cc1Cl)CC(C)(C)N/C2=C\C(=O)C12CC3CC(CC(C3)C1)C2. The molecule has 0 amide bonds. The van der Waals surface area contributed by atoms with E-state index in [1.165, 1.54) is 24.8 Å². The van der Waals surface area contributed by atoms with Crippen LogP contribution in [-0.4, -0.2) is 30.3 Å². The fourth-order valence-electron chi connectivity index (χ4n) is 7.28. The lowest BCUT2D eigenvalue weighted by Gasteiger charge is -2.55. The number of benzene rings is 1. The summed E-state index contributed by atoms with van der Waals surface area (Å²) >= 11 is 6.63. The monoisotopic (exact) mass is 426 g/mol. The quantitative estimate of drug-likeness (QED) is 0.649. The minimum Gasteiger partial charge on any atom is -0.379 e. The molecule has 1 N–H and O–H groups in total. The molecule has 5 aliphatic rings. The Morgan fingerprint density at radius 3 is 2.30 bits per heavy atom. The Morgan fingerprint density at radius 1 is 1.13 bits per heavy atom. The number of hydrogen-bond donors (Lipinski definition) is 1. The highest BCUT2D eigenvalue weighted by molar-refractivity contribution is 6.31. The lowest BCUT2D eigenvalue weighted by atomic mass is 9.48. The zero-order chi connectivity index (χ0) is 21.3. The fourth-order valence-corrected chi connectivity index (χ4v) is 7.53. The van der Waals surface area contributed by atoms with Gasteiger partial charge in [0.2, 0.25) is 0 Å². The summed E-state index contributed by atoms with van der Waals surface area (Å²) in [5.74, 6) is 2.73. The number of nitrogens with zero attached hydrogens (tertiary/aromatic N) is 1. The van der Waals surface area contributed by atoms with Gasteiger partial charge in [0.05, 0.1) is 0 Å². The van der Waals surface area contributed by atoms with Crippen molar-refractivity contribution >= 4 is 23.1 Å². The van der Waals surface area contributed by atoms with E-state index in [0.717, 1.165) is 71.8 Å². The molecule has 1 aromatic rings. The lowest BCUT2D eigenvalue weighted by Crippen LogP contribution is -2.50. The number of halogens is 1. The molecule has 162 valence electrons. The summed E-state index contributed by atoms with van der Waals surface area (Å²) in [6.45, 7) is 5.22. The fraction of sp³-hybridized carbons (Fsp3) is 0.654. The van der Waals surface area contributed by atoms with Crippen LogP contribution < -0.4 is 5.32 Å². The number of carbonyl (C=O) groups is 1. The average molecular weight is 427 g/mol.